The molecule has 0 aromatic heterocycles. The van der Waals surface area contributed by atoms with Crippen LogP contribution in [-0.2, 0) is 22.6 Å². The van der Waals surface area contributed by atoms with E-state index in [1.54, 1.807) is 7.11 Å². The maximum Gasteiger partial charge on any atom is 0.194 e. The average molecular weight is 569 g/mol. The van der Waals surface area contributed by atoms with Gasteiger partial charge in [-0.05, 0) is 30.2 Å². The zero-order chi connectivity index (χ0) is 22.6. The Hall–Kier alpha value is -2.04. The molecule has 3 rings (SSSR count). The minimum atomic E-state index is 0. The lowest BCUT2D eigenvalue weighted by molar-refractivity contribution is 0.0453. The topological polar surface area (TPSA) is 58.6 Å². The number of ether oxygens (including phenoxy) is 3. The zero-order valence-corrected chi connectivity index (χ0v) is 22.3. The van der Waals surface area contributed by atoms with Crippen molar-refractivity contribution in [1.29, 1.82) is 0 Å². The molecule has 1 fully saturated rings. The Labute approximate surface area is 215 Å². The van der Waals surface area contributed by atoms with Crippen molar-refractivity contribution in [3.05, 3.63) is 59.7 Å². The Balaban J connectivity index is 0.00000385. The summed E-state index contributed by atoms with van der Waals surface area (Å²) in [5.41, 5.74) is 3.53. The molecule has 0 saturated carbocycles. The van der Waals surface area contributed by atoms with Gasteiger partial charge in [0.2, 0.25) is 0 Å². The summed E-state index contributed by atoms with van der Waals surface area (Å²) in [4.78, 5) is 9.19. The fourth-order valence-electron chi connectivity index (χ4n) is 3.85. The van der Waals surface area contributed by atoms with Gasteiger partial charge in [-0.3, -0.25) is 4.99 Å². The number of hydrogen-bond donors (Lipinski definition) is 1. The van der Waals surface area contributed by atoms with Gasteiger partial charge in [-0.2, -0.15) is 0 Å². The van der Waals surface area contributed by atoms with E-state index in [0.29, 0.717) is 19.8 Å². The van der Waals surface area contributed by atoms with Crippen LogP contribution < -0.4 is 15.0 Å². The lowest BCUT2D eigenvalue weighted by Crippen LogP contribution is -2.52. The van der Waals surface area contributed by atoms with E-state index in [9.17, 15) is 0 Å². The number of halogens is 1. The van der Waals surface area contributed by atoms with E-state index in [-0.39, 0.29) is 24.0 Å². The predicted octanol–water partition coefficient (Wildman–Crippen LogP) is 3.76. The molecular formula is C25H37IN4O3. The number of benzene rings is 2. The molecular weight excluding hydrogens is 531 g/mol. The number of piperazine rings is 1. The fraction of sp³-hybridized carbons (Fsp3) is 0.480. The minimum Gasteiger partial charge on any atom is -0.495 e. The first-order valence-electron chi connectivity index (χ1n) is 11.3. The highest BCUT2D eigenvalue weighted by Gasteiger charge is 2.21. The van der Waals surface area contributed by atoms with E-state index < -0.39 is 0 Å². The molecule has 7 nitrogen and oxygen atoms in total. The molecule has 1 aliphatic rings. The Morgan fingerprint density at radius 3 is 2.42 bits per heavy atom. The van der Waals surface area contributed by atoms with Crippen LogP contribution >= 0.6 is 24.0 Å². The number of rotatable bonds is 10. The molecule has 1 N–H and O–H groups in total. The van der Waals surface area contributed by atoms with E-state index in [2.05, 4.69) is 56.5 Å². The Morgan fingerprint density at radius 1 is 0.970 bits per heavy atom. The highest BCUT2D eigenvalue weighted by Crippen LogP contribution is 2.28. The molecule has 2 aromatic rings. The lowest BCUT2D eigenvalue weighted by Gasteiger charge is -2.38. The van der Waals surface area contributed by atoms with Crippen molar-refractivity contribution in [1.82, 2.24) is 10.2 Å². The second-order valence-electron chi connectivity index (χ2n) is 7.62. The fourth-order valence-corrected chi connectivity index (χ4v) is 3.85. The number of anilines is 1. The summed E-state index contributed by atoms with van der Waals surface area (Å²) in [6, 6.07) is 16.7. The van der Waals surface area contributed by atoms with E-state index >= 15 is 0 Å². The summed E-state index contributed by atoms with van der Waals surface area (Å²) in [5, 5.41) is 3.52. The molecule has 0 unspecified atom stereocenters. The van der Waals surface area contributed by atoms with Gasteiger partial charge in [-0.15, -0.1) is 24.0 Å². The van der Waals surface area contributed by atoms with Gasteiger partial charge in [0.15, 0.2) is 5.96 Å². The van der Waals surface area contributed by atoms with Crippen LogP contribution in [0.2, 0.25) is 0 Å². The van der Waals surface area contributed by atoms with Crippen molar-refractivity contribution < 1.29 is 14.2 Å². The number of methoxy groups -OCH3 is 1. The molecule has 0 bridgehead atoms. The van der Waals surface area contributed by atoms with Crippen LogP contribution in [0.25, 0.3) is 0 Å². The Kier molecular flexibility index (Phi) is 12.3. The van der Waals surface area contributed by atoms with E-state index in [1.165, 1.54) is 11.1 Å². The third-order valence-electron chi connectivity index (χ3n) is 5.50. The molecule has 182 valence electrons. The highest BCUT2D eigenvalue weighted by molar-refractivity contribution is 14.0. The molecule has 0 aliphatic carbocycles. The number of guanidine groups is 1. The van der Waals surface area contributed by atoms with Gasteiger partial charge >= 0.3 is 0 Å². The average Bonchev–Trinajstić information content (AvgIpc) is 2.85. The third-order valence-corrected chi connectivity index (χ3v) is 5.50. The van der Waals surface area contributed by atoms with Crippen molar-refractivity contribution in [2.45, 2.75) is 20.1 Å². The second-order valence-corrected chi connectivity index (χ2v) is 7.62. The van der Waals surface area contributed by atoms with Crippen LogP contribution in [0.4, 0.5) is 5.69 Å². The van der Waals surface area contributed by atoms with Gasteiger partial charge in [0, 0.05) is 46.4 Å². The second kappa shape index (κ2) is 15.0. The van der Waals surface area contributed by atoms with Crippen molar-refractivity contribution in [3.63, 3.8) is 0 Å². The first-order valence-corrected chi connectivity index (χ1v) is 11.3. The van der Waals surface area contributed by atoms with Gasteiger partial charge in [0.1, 0.15) is 5.75 Å². The van der Waals surface area contributed by atoms with Crippen molar-refractivity contribution >= 4 is 35.6 Å². The van der Waals surface area contributed by atoms with E-state index in [4.69, 9.17) is 14.2 Å². The number of para-hydroxylation sites is 2. The summed E-state index contributed by atoms with van der Waals surface area (Å²) in [6.07, 6.45) is 0. The molecule has 1 saturated heterocycles. The van der Waals surface area contributed by atoms with Crippen molar-refractivity contribution in [3.8, 4) is 5.75 Å². The summed E-state index contributed by atoms with van der Waals surface area (Å²) in [7, 11) is 3.57. The molecule has 33 heavy (non-hydrogen) atoms. The molecule has 1 aliphatic heterocycles. The molecule has 8 heteroatoms. The van der Waals surface area contributed by atoms with Crippen LogP contribution in [-0.4, -0.2) is 71.0 Å². The van der Waals surface area contributed by atoms with Crippen molar-refractivity contribution in [2.75, 3.05) is 65.1 Å². The van der Waals surface area contributed by atoms with Gasteiger partial charge in [-0.1, -0.05) is 36.4 Å². The molecule has 0 atom stereocenters. The first-order chi connectivity index (χ1) is 15.7. The first kappa shape index (κ1) is 27.2. The highest BCUT2D eigenvalue weighted by atomic mass is 127. The van der Waals surface area contributed by atoms with Crippen LogP contribution in [0, 0.1) is 0 Å². The van der Waals surface area contributed by atoms with Crippen LogP contribution in [0.5, 0.6) is 5.75 Å². The molecule has 0 spiro atoms. The van der Waals surface area contributed by atoms with Crippen LogP contribution in [0.3, 0.4) is 0 Å². The molecule has 0 radical (unpaired) electrons. The maximum absolute atomic E-state index is 5.69. The van der Waals surface area contributed by atoms with Crippen LogP contribution in [0.15, 0.2) is 53.5 Å². The number of hydrogen-bond acceptors (Lipinski definition) is 5. The van der Waals surface area contributed by atoms with E-state index in [0.717, 1.165) is 56.7 Å². The largest absolute Gasteiger partial charge is 0.495 e. The normalized spacial score (nSPS) is 14.1. The lowest BCUT2D eigenvalue weighted by atomic mass is 10.1. The smallest absolute Gasteiger partial charge is 0.194 e. The number of nitrogens with one attached hydrogen (secondary N) is 1. The van der Waals surface area contributed by atoms with Gasteiger partial charge in [-0.25, -0.2) is 0 Å². The predicted molar refractivity (Wildman–Crippen MR) is 145 cm³/mol. The Bertz CT molecular complexity index is 857. The minimum absolute atomic E-state index is 0. The molecule has 2 aromatic carbocycles. The summed E-state index contributed by atoms with van der Waals surface area (Å²) in [6.45, 7) is 8.96. The third kappa shape index (κ3) is 8.35. The van der Waals surface area contributed by atoms with Gasteiger partial charge in [0.25, 0.3) is 0 Å². The number of aliphatic imine (C=N–C) groups is 1. The van der Waals surface area contributed by atoms with Gasteiger partial charge < -0.3 is 29.3 Å². The van der Waals surface area contributed by atoms with E-state index in [1.807, 2.05) is 26.1 Å². The summed E-state index contributed by atoms with van der Waals surface area (Å²) >= 11 is 0. The summed E-state index contributed by atoms with van der Waals surface area (Å²) < 4.78 is 16.5. The van der Waals surface area contributed by atoms with Crippen molar-refractivity contribution in [2.24, 2.45) is 4.99 Å². The monoisotopic (exact) mass is 568 g/mol. The van der Waals surface area contributed by atoms with Gasteiger partial charge in [0.05, 0.1) is 32.6 Å². The Morgan fingerprint density at radius 2 is 1.70 bits per heavy atom. The molecule has 0 amide bonds. The quantitative estimate of drug-likeness (QED) is 0.204. The maximum atomic E-state index is 5.69. The molecule has 1 heterocycles. The zero-order valence-electron chi connectivity index (χ0n) is 20.0. The summed E-state index contributed by atoms with van der Waals surface area (Å²) in [5.74, 6) is 1.85. The number of nitrogens with zero attached hydrogens (tertiary/aromatic N) is 3. The standard InChI is InChI=1S/C25H36N4O3.HI/c1-4-31-16-17-32-20-22-9-7-8-21(18-22)19-27-25(26-2)29-14-12-28(13-15-29)23-10-5-6-11-24(23)30-3;/h5-11,18H,4,12-17,19-20H2,1-3H3,(H,26,27);1H. The SMILES string of the molecule is CCOCCOCc1cccc(CNC(=NC)N2CCN(c3ccccc3OC)CC2)c1.I. The van der Waals surface area contributed by atoms with Crippen LogP contribution in [0.1, 0.15) is 18.1 Å².